The topological polar surface area (TPSA) is 77.5 Å². The first-order valence-electron chi connectivity index (χ1n) is 10.4. The van der Waals surface area contributed by atoms with E-state index < -0.39 is 23.7 Å². The summed E-state index contributed by atoms with van der Waals surface area (Å²) in [5.41, 5.74) is 4.87. The predicted molar refractivity (Wildman–Crippen MR) is 125 cm³/mol. The maximum atomic E-state index is 12.5. The molecule has 0 aliphatic heterocycles. The Hall–Kier alpha value is -3.19. The van der Waals surface area contributed by atoms with Crippen molar-refractivity contribution < 1.29 is 19.1 Å². The van der Waals surface area contributed by atoms with E-state index in [0.29, 0.717) is 0 Å². The molecule has 1 N–H and O–H groups in total. The van der Waals surface area contributed by atoms with Crippen LogP contribution in [0.15, 0.2) is 60.1 Å². The van der Waals surface area contributed by atoms with Crippen molar-refractivity contribution in [2.45, 2.75) is 52.4 Å². The van der Waals surface area contributed by atoms with Crippen LogP contribution in [-0.4, -0.2) is 22.6 Å². The summed E-state index contributed by atoms with van der Waals surface area (Å²) < 4.78 is 10.8. The molecule has 2 aromatic carbocycles. The molecule has 7 heteroatoms. The van der Waals surface area contributed by atoms with E-state index in [2.05, 4.69) is 10.3 Å². The van der Waals surface area contributed by atoms with Crippen LogP contribution in [0.25, 0.3) is 10.4 Å². The molecule has 3 rings (SSSR count). The SMILES string of the molecule is Cc1ncsc1-c1ccc([C@H](CC(=O)OCc2ccccc2)NC(=O)OC(C)(C)C)cc1. The highest BCUT2D eigenvalue weighted by Gasteiger charge is 2.23. The summed E-state index contributed by atoms with van der Waals surface area (Å²) in [5, 5.41) is 2.81. The summed E-state index contributed by atoms with van der Waals surface area (Å²) in [6.45, 7) is 7.53. The van der Waals surface area contributed by atoms with Crippen molar-refractivity contribution in [3.8, 4) is 10.4 Å². The molecule has 0 unspecified atom stereocenters. The van der Waals surface area contributed by atoms with Crippen LogP contribution >= 0.6 is 11.3 Å². The summed E-state index contributed by atoms with van der Waals surface area (Å²) in [7, 11) is 0. The first kappa shape index (κ1) is 23.5. The fraction of sp³-hybridized carbons (Fsp3) is 0.320. The van der Waals surface area contributed by atoms with Crippen LogP contribution in [-0.2, 0) is 20.9 Å². The number of carbonyl (C=O) groups excluding carboxylic acids is 2. The number of aromatic nitrogens is 1. The molecule has 0 aliphatic rings. The zero-order valence-corrected chi connectivity index (χ0v) is 19.6. The maximum absolute atomic E-state index is 12.5. The summed E-state index contributed by atoms with van der Waals surface area (Å²) in [5.74, 6) is -0.405. The number of nitrogens with one attached hydrogen (secondary N) is 1. The van der Waals surface area contributed by atoms with Gasteiger partial charge in [-0.2, -0.15) is 0 Å². The summed E-state index contributed by atoms with van der Waals surface area (Å²) in [6.07, 6.45) is -0.592. The van der Waals surface area contributed by atoms with E-state index in [0.717, 1.165) is 27.3 Å². The van der Waals surface area contributed by atoms with E-state index in [-0.39, 0.29) is 13.0 Å². The molecule has 1 atom stereocenters. The Morgan fingerprint density at radius 1 is 1.06 bits per heavy atom. The van der Waals surface area contributed by atoms with Gasteiger partial charge in [0.1, 0.15) is 12.2 Å². The smallest absolute Gasteiger partial charge is 0.408 e. The van der Waals surface area contributed by atoms with Crippen LogP contribution in [0, 0.1) is 6.92 Å². The Kier molecular flexibility index (Phi) is 7.64. The fourth-order valence-electron chi connectivity index (χ4n) is 3.11. The Labute approximate surface area is 192 Å². The van der Waals surface area contributed by atoms with Crippen LogP contribution < -0.4 is 5.32 Å². The number of thiazole rings is 1. The second-order valence-electron chi connectivity index (χ2n) is 8.44. The van der Waals surface area contributed by atoms with Gasteiger partial charge < -0.3 is 14.8 Å². The highest BCUT2D eigenvalue weighted by molar-refractivity contribution is 7.13. The third kappa shape index (κ3) is 6.92. The lowest BCUT2D eigenvalue weighted by molar-refractivity contribution is -0.145. The molecule has 0 radical (unpaired) electrons. The van der Waals surface area contributed by atoms with E-state index in [9.17, 15) is 9.59 Å². The highest BCUT2D eigenvalue weighted by Crippen LogP contribution is 2.29. The molecule has 0 aliphatic carbocycles. The van der Waals surface area contributed by atoms with Gasteiger partial charge in [0, 0.05) is 0 Å². The zero-order valence-electron chi connectivity index (χ0n) is 18.8. The van der Waals surface area contributed by atoms with Crippen LogP contribution in [0.2, 0.25) is 0 Å². The van der Waals surface area contributed by atoms with Crippen molar-refractivity contribution in [2.24, 2.45) is 0 Å². The van der Waals surface area contributed by atoms with Gasteiger partial charge in [-0.15, -0.1) is 11.3 Å². The van der Waals surface area contributed by atoms with Crippen molar-refractivity contribution in [3.05, 3.63) is 76.9 Å². The number of amides is 1. The van der Waals surface area contributed by atoms with Gasteiger partial charge >= 0.3 is 12.1 Å². The van der Waals surface area contributed by atoms with E-state index in [1.54, 1.807) is 32.1 Å². The van der Waals surface area contributed by atoms with E-state index >= 15 is 0 Å². The second-order valence-corrected chi connectivity index (χ2v) is 9.29. The molecule has 0 saturated carbocycles. The summed E-state index contributed by atoms with van der Waals surface area (Å²) in [6, 6.07) is 16.6. The molecular weight excluding hydrogens is 424 g/mol. The number of nitrogens with zero attached hydrogens (tertiary/aromatic N) is 1. The first-order chi connectivity index (χ1) is 15.2. The van der Waals surface area contributed by atoms with E-state index in [1.807, 2.05) is 67.0 Å². The van der Waals surface area contributed by atoms with Crippen LogP contribution in [0.3, 0.4) is 0 Å². The normalized spacial score (nSPS) is 12.1. The van der Waals surface area contributed by atoms with Gasteiger partial charge in [0.15, 0.2) is 0 Å². The van der Waals surface area contributed by atoms with Gasteiger partial charge in [-0.25, -0.2) is 9.78 Å². The third-order valence-electron chi connectivity index (χ3n) is 4.63. The molecule has 1 amide bonds. The van der Waals surface area contributed by atoms with Gasteiger partial charge in [0.25, 0.3) is 0 Å². The monoisotopic (exact) mass is 452 g/mol. The number of hydrogen-bond donors (Lipinski definition) is 1. The molecule has 168 valence electrons. The number of ether oxygens (including phenoxy) is 2. The standard InChI is InChI=1S/C25H28N2O4S/c1-17-23(32-16-26-17)20-12-10-19(11-13-20)21(27-24(29)31-25(2,3)4)14-22(28)30-15-18-8-6-5-7-9-18/h5-13,16,21H,14-15H2,1-4H3,(H,27,29)/t21-/m0/s1. The predicted octanol–water partition coefficient (Wildman–Crippen LogP) is 5.82. The number of hydrogen-bond acceptors (Lipinski definition) is 6. The zero-order chi connectivity index (χ0) is 23.1. The fourth-order valence-corrected chi connectivity index (χ4v) is 3.92. The second kappa shape index (κ2) is 10.4. The summed E-state index contributed by atoms with van der Waals surface area (Å²) in [4.78, 5) is 30.3. The number of esters is 1. The highest BCUT2D eigenvalue weighted by atomic mass is 32.1. The lowest BCUT2D eigenvalue weighted by atomic mass is 10.0. The third-order valence-corrected chi connectivity index (χ3v) is 5.60. The molecule has 32 heavy (non-hydrogen) atoms. The van der Waals surface area contributed by atoms with Gasteiger partial charge in [0.05, 0.1) is 28.5 Å². The molecule has 0 spiro atoms. The Bertz CT molecular complexity index is 1040. The molecule has 6 nitrogen and oxygen atoms in total. The van der Waals surface area contributed by atoms with Crippen molar-refractivity contribution >= 4 is 23.4 Å². The van der Waals surface area contributed by atoms with Crippen molar-refractivity contribution in [1.82, 2.24) is 10.3 Å². The molecule has 0 bridgehead atoms. The van der Waals surface area contributed by atoms with E-state index in [1.165, 1.54) is 0 Å². The molecular formula is C25H28N2O4S. The average Bonchev–Trinajstić information content (AvgIpc) is 3.17. The van der Waals surface area contributed by atoms with E-state index in [4.69, 9.17) is 9.47 Å². The quantitative estimate of drug-likeness (QED) is 0.457. The van der Waals surface area contributed by atoms with Crippen molar-refractivity contribution in [3.63, 3.8) is 0 Å². The van der Waals surface area contributed by atoms with Crippen LogP contribution in [0.4, 0.5) is 4.79 Å². The summed E-state index contributed by atoms with van der Waals surface area (Å²) >= 11 is 1.57. The maximum Gasteiger partial charge on any atom is 0.408 e. The van der Waals surface area contributed by atoms with Crippen LogP contribution in [0.5, 0.6) is 0 Å². The number of benzene rings is 2. The van der Waals surface area contributed by atoms with Gasteiger partial charge in [-0.1, -0.05) is 54.6 Å². The average molecular weight is 453 g/mol. The lowest BCUT2D eigenvalue weighted by Gasteiger charge is -2.23. The minimum Gasteiger partial charge on any atom is -0.461 e. The Morgan fingerprint density at radius 3 is 2.34 bits per heavy atom. The number of carbonyl (C=O) groups is 2. The first-order valence-corrected chi connectivity index (χ1v) is 11.3. The number of rotatable bonds is 7. The van der Waals surface area contributed by atoms with Crippen molar-refractivity contribution in [2.75, 3.05) is 0 Å². The number of alkyl carbamates (subject to hydrolysis) is 1. The van der Waals surface area contributed by atoms with Gasteiger partial charge in [-0.3, -0.25) is 4.79 Å². The molecule has 0 fully saturated rings. The molecule has 1 heterocycles. The Morgan fingerprint density at radius 2 is 1.75 bits per heavy atom. The molecule has 3 aromatic rings. The minimum absolute atomic E-state index is 0.00892. The largest absolute Gasteiger partial charge is 0.461 e. The minimum atomic E-state index is -0.643. The van der Waals surface area contributed by atoms with Gasteiger partial charge in [-0.05, 0) is 44.4 Å². The number of aryl methyl sites for hydroxylation is 1. The van der Waals surface area contributed by atoms with Gasteiger partial charge in [0.2, 0.25) is 0 Å². The molecule has 1 aromatic heterocycles. The van der Waals surface area contributed by atoms with Crippen molar-refractivity contribution in [1.29, 1.82) is 0 Å². The Balaban J connectivity index is 1.73. The lowest BCUT2D eigenvalue weighted by Crippen LogP contribution is -2.36. The molecule has 0 saturated heterocycles. The van der Waals surface area contributed by atoms with Crippen LogP contribution in [0.1, 0.15) is 50.1 Å².